The van der Waals surface area contributed by atoms with Gasteiger partial charge >= 0.3 is 0 Å². The molecule has 0 aromatic heterocycles. The van der Waals surface area contributed by atoms with E-state index in [2.05, 4.69) is 29.2 Å². The predicted molar refractivity (Wildman–Crippen MR) is 94.2 cm³/mol. The molecule has 2 aromatic carbocycles. The molecule has 0 unspecified atom stereocenters. The Hall–Kier alpha value is -1.88. The number of hydrogen-bond acceptors (Lipinski definition) is 4. The van der Waals surface area contributed by atoms with Crippen LogP contribution in [0.4, 0.5) is 0 Å². The van der Waals surface area contributed by atoms with Crippen LogP contribution in [-0.2, 0) is 16.0 Å². The van der Waals surface area contributed by atoms with Crippen LogP contribution in [0, 0.1) is 0 Å². The highest BCUT2D eigenvalue weighted by Gasteiger charge is 2.15. The Morgan fingerprint density at radius 1 is 1.00 bits per heavy atom. The summed E-state index contributed by atoms with van der Waals surface area (Å²) in [6.45, 7) is 5.17. The number of ether oxygens (including phenoxy) is 3. The molecule has 1 saturated heterocycles. The zero-order valence-electron chi connectivity index (χ0n) is 14.2. The normalized spacial score (nSPS) is 16.7. The lowest BCUT2D eigenvalue weighted by Gasteiger charge is -2.26. The van der Waals surface area contributed by atoms with E-state index in [1.807, 2.05) is 30.3 Å². The average molecular weight is 327 g/mol. The highest BCUT2D eigenvalue weighted by Crippen LogP contribution is 2.23. The lowest BCUT2D eigenvalue weighted by Crippen LogP contribution is -2.35. The van der Waals surface area contributed by atoms with Crippen molar-refractivity contribution in [2.24, 2.45) is 0 Å². The fourth-order valence-electron chi connectivity index (χ4n) is 2.87. The van der Waals surface area contributed by atoms with Gasteiger partial charge in [-0.25, -0.2) is 0 Å². The standard InChI is InChI=1S/C20H25NO3/c1-22-16-20(24-19-5-3-2-4-6-19)18-9-7-17(8-10-18)15-21-11-13-23-14-12-21/h2-10,20H,11-16H2,1H3/t20-/m0/s1. The van der Waals surface area contributed by atoms with E-state index in [1.54, 1.807) is 7.11 Å². The largest absolute Gasteiger partial charge is 0.483 e. The maximum absolute atomic E-state index is 6.08. The molecule has 0 radical (unpaired) electrons. The van der Waals surface area contributed by atoms with Crippen molar-refractivity contribution in [1.82, 2.24) is 4.90 Å². The third-order valence-corrected chi connectivity index (χ3v) is 4.20. The van der Waals surface area contributed by atoms with E-state index in [-0.39, 0.29) is 6.10 Å². The molecule has 1 aliphatic rings. The van der Waals surface area contributed by atoms with E-state index < -0.39 is 0 Å². The molecular weight excluding hydrogens is 302 g/mol. The van der Waals surface area contributed by atoms with Gasteiger partial charge in [0.2, 0.25) is 0 Å². The minimum Gasteiger partial charge on any atom is -0.483 e. The fourth-order valence-corrected chi connectivity index (χ4v) is 2.87. The van der Waals surface area contributed by atoms with Crippen LogP contribution in [0.25, 0.3) is 0 Å². The maximum atomic E-state index is 6.08. The highest BCUT2D eigenvalue weighted by atomic mass is 16.5. The summed E-state index contributed by atoms with van der Waals surface area (Å²) >= 11 is 0. The molecule has 4 heteroatoms. The Morgan fingerprint density at radius 2 is 1.71 bits per heavy atom. The highest BCUT2D eigenvalue weighted by molar-refractivity contribution is 5.27. The topological polar surface area (TPSA) is 30.9 Å². The summed E-state index contributed by atoms with van der Waals surface area (Å²) in [6, 6.07) is 18.5. The Morgan fingerprint density at radius 3 is 2.38 bits per heavy atom. The lowest BCUT2D eigenvalue weighted by atomic mass is 10.1. The molecule has 0 amide bonds. The summed E-state index contributed by atoms with van der Waals surface area (Å²) in [5.74, 6) is 0.858. The molecule has 0 spiro atoms. The SMILES string of the molecule is COC[C@H](Oc1ccccc1)c1ccc(CN2CCOCC2)cc1. The van der Waals surface area contributed by atoms with Crippen molar-refractivity contribution in [2.75, 3.05) is 40.0 Å². The van der Waals surface area contributed by atoms with Crippen molar-refractivity contribution in [3.8, 4) is 5.75 Å². The Balaban J connectivity index is 1.64. The van der Waals surface area contributed by atoms with E-state index in [0.29, 0.717) is 6.61 Å². The van der Waals surface area contributed by atoms with Crippen molar-refractivity contribution < 1.29 is 14.2 Å². The first kappa shape index (κ1) is 17.0. The predicted octanol–water partition coefficient (Wildman–Crippen LogP) is 3.29. The molecule has 0 saturated carbocycles. The molecule has 2 aromatic rings. The number of rotatable bonds is 7. The minimum absolute atomic E-state index is 0.102. The second-order valence-corrected chi connectivity index (χ2v) is 6.00. The Labute approximate surface area is 144 Å². The van der Waals surface area contributed by atoms with Crippen LogP contribution in [0.1, 0.15) is 17.2 Å². The summed E-state index contributed by atoms with van der Waals surface area (Å²) < 4.78 is 16.8. The van der Waals surface area contributed by atoms with Gasteiger partial charge < -0.3 is 14.2 Å². The van der Waals surface area contributed by atoms with Crippen molar-refractivity contribution >= 4 is 0 Å². The smallest absolute Gasteiger partial charge is 0.147 e. The molecule has 1 atom stereocenters. The molecule has 0 bridgehead atoms. The van der Waals surface area contributed by atoms with Gasteiger partial charge in [-0.1, -0.05) is 42.5 Å². The molecule has 0 aliphatic carbocycles. The van der Waals surface area contributed by atoms with Crippen molar-refractivity contribution in [3.63, 3.8) is 0 Å². The first-order valence-electron chi connectivity index (χ1n) is 8.45. The second kappa shape index (κ2) is 8.83. The first-order chi connectivity index (χ1) is 11.8. The number of hydrogen-bond donors (Lipinski definition) is 0. The third-order valence-electron chi connectivity index (χ3n) is 4.20. The van der Waals surface area contributed by atoms with Gasteiger partial charge in [-0.2, -0.15) is 0 Å². The molecule has 1 fully saturated rings. The third kappa shape index (κ3) is 4.81. The van der Waals surface area contributed by atoms with Crippen LogP contribution >= 0.6 is 0 Å². The van der Waals surface area contributed by atoms with Gasteiger partial charge in [-0.05, 0) is 23.3 Å². The van der Waals surface area contributed by atoms with Gasteiger partial charge in [0.1, 0.15) is 11.9 Å². The molecule has 24 heavy (non-hydrogen) atoms. The zero-order chi connectivity index (χ0) is 16.6. The maximum Gasteiger partial charge on any atom is 0.147 e. The van der Waals surface area contributed by atoms with Crippen LogP contribution < -0.4 is 4.74 Å². The van der Waals surface area contributed by atoms with Crippen LogP contribution in [0.3, 0.4) is 0 Å². The average Bonchev–Trinajstić information content (AvgIpc) is 2.64. The fraction of sp³-hybridized carbons (Fsp3) is 0.400. The molecule has 1 aliphatic heterocycles. The van der Waals surface area contributed by atoms with E-state index in [0.717, 1.165) is 44.2 Å². The monoisotopic (exact) mass is 327 g/mol. The van der Waals surface area contributed by atoms with Gasteiger partial charge in [-0.3, -0.25) is 4.90 Å². The van der Waals surface area contributed by atoms with E-state index in [4.69, 9.17) is 14.2 Å². The summed E-state index contributed by atoms with van der Waals surface area (Å²) in [4.78, 5) is 2.42. The molecule has 4 nitrogen and oxygen atoms in total. The van der Waals surface area contributed by atoms with Crippen molar-refractivity contribution in [3.05, 3.63) is 65.7 Å². The number of methoxy groups -OCH3 is 1. The van der Waals surface area contributed by atoms with E-state index in [9.17, 15) is 0 Å². The Bertz CT molecular complexity index is 594. The van der Waals surface area contributed by atoms with Crippen LogP contribution in [0.2, 0.25) is 0 Å². The Kier molecular flexibility index (Phi) is 6.24. The summed E-state index contributed by atoms with van der Waals surface area (Å²) in [5.41, 5.74) is 2.45. The lowest BCUT2D eigenvalue weighted by molar-refractivity contribution is 0.0342. The molecule has 1 heterocycles. The van der Waals surface area contributed by atoms with Gasteiger partial charge in [-0.15, -0.1) is 0 Å². The van der Waals surface area contributed by atoms with Gasteiger partial charge in [0, 0.05) is 26.7 Å². The second-order valence-electron chi connectivity index (χ2n) is 6.00. The zero-order valence-corrected chi connectivity index (χ0v) is 14.2. The molecule has 0 N–H and O–H groups in total. The summed E-state index contributed by atoms with van der Waals surface area (Å²) in [6.07, 6.45) is -0.102. The minimum atomic E-state index is -0.102. The van der Waals surface area contributed by atoms with E-state index >= 15 is 0 Å². The van der Waals surface area contributed by atoms with Crippen molar-refractivity contribution in [1.29, 1.82) is 0 Å². The van der Waals surface area contributed by atoms with Crippen LogP contribution in [-0.4, -0.2) is 44.9 Å². The van der Waals surface area contributed by atoms with Gasteiger partial charge in [0.05, 0.1) is 19.8 Å². The van der Waals surface area contributed by atoms with Crippen molar-refractivity contribution in [2.45, 2.75) is 12.6 Å². The molecular formula is C20H25NO3. The number of benzene rings is 2. The first-order valence-corrected chi connectivity index (χ1v) is 8.45. The number of para-hydroxylation sites is 1. The number of morpholine rings is 1. The van der Waals surface area contributed by atoms with Gasteiger partial charge in [0.15, 0.2) is 0 Å². The van der Waals surface area contributed by atoms with Crippen LogP contribution in [0.15, 0.2) is 54.6 Å². The molecule has 3 rings (SSSR count). The number of nitrogens with zero attached hydrogens (tertiary/aromatic N) is 1. The van der Waals surface area contributed by atoms with E-state index in [1.165, 1.54) is 5.56 Å². The molecule has 128 valence electrons. The van der Waals surface area contributed by atoms with Crippen LogP contribution in [0.5, 0.6) is 5.75 Å². The summed E-state index contributed by atoms with van der Waals surface area (Å²) in [5, 5.41) is 0. The summed E-state index contributed by atoms with van der Waals surface area (Å²) in [7, 11) is 1.70. The quantitative estimate of drug-likeness (QED) is 0.781. The van der Waals surface area contributed by atoms with Gasteiger partial charge in [0.25, 0.3) is 0 Å².